The number of nitrogens with zero attached hydrogens (tertiary/aromatic N) is 3. The third-order valence-corrected chi connectivity index (χ3v) is 2.62. The maximum absolute atomic E-state index is 5.68. The van der Waals surface area contributed by atoms with Crippen molar-refractivity contribution in [3.8, 4) is 0 Å². The van der Waals surface area contributed by atoms with E-state index in [9.17, 15) is 0 Å². The van der Waals surface area contributed by atoms with E-state index in [0.29, 0.717) is 17.3 Å². The zero-order valence-electron chi connectivity index (χ0n) is 9.71. The van der Waals surface area contributed by atoms with Gasteiger partial charge in [0.2, 0.25) is 0 Å². The van der Waals surface area contributed by atoms with Gasteiger partial charge in [0.15, 0.2) is 5.58 Å². The molecule has 0 atom stereocenters. The fourth-order valence-electron chi connectivity index (χ4n) is 1.73. The molecular formula is C12H13N5O. The molecule has 3 rings (SSSR count). The van der Waals surface area contributed by atoms with E-state index >= 15 is 0 Å². The summed E-state index contributed by atoms with van der Waals surface area (Å²) >= 11 is 0. The summed E-state index contributed by atoms with van der Waals surface area (Å²) in [5.74, 6) is 0. The first-order valence-electron chi connectivity index (χ1n) is 5.67. The SMILES string of the molecule is Nc1ccc2nc(NCCn3ccnc3)oc2c1. The van der Waals surface area contributed by atoms with Crippen LogP contribution in [0.4, 0.5) is 11.7 Å². The van der Waals surface area contributed by atoms with Crippen molar-refractivity contribution in [3.05, 3.63) is 36.9 Å². The van der Waals surface area contributed by atoms with Crippen LogP contribution in [0.5, 0.6) is 0 Å². The van der Waals surface area contributed by atoms with Gasteiger partial charge in [-0.3, -0.25) is 0 Å². The van der Waals surface area contributed by atoms with Crippen molar-refractivity contribution in [1.29, 1.82) is 0 Å². The van der Waals surface area contributed by atoms with Crippen molar-refractivity contribution in [2.45, 2.75) is 6.54 Å². The minimum atomic E-state index is 0.510. The Hall–Kier alpha value is -2.50. The van der Waals surface area contributed by atoms with Crippen LogP contribution >= 0.6 is 0 Å². The third-order valence-electron chi connectivity index (χ3n) is 2.62. The Labute approximate surface area is 103 Å². The quantitative estimate of drug-likeness (QED) is 0.682. The zero-order chi connectivity index (χ0) is 12.4. The van der Waals surface area contributed by atoms with E-state index in [0.717, 1.165) is 18.6 Å². The van der Waals surface area contributed by atoms with Gasteiger partial charge in [0, 0.05) is 37.2 Å². The second-order valence-corrected chi connectivity index (χ2v) is 3.97. The summed E-state index contributed by atoms with van der Waals surface area (Å²) in [6.45, 7) is 1.53. The minimum absolute atomic E-state index is 0.510. The molecule has 0 saturated carbocycles. The lowest BCUT2D eigenvalue weighted by molar-refractivity contribution is 0.606. The predicted molar refractivity (Wildman–Crippen MR) is 69.1 cm³/mol. The van der Waals surface area contributed by atoms with Crippen molar-refractivity contribution in [2.75, 3.05) is 17.6 Å². The molecule has 0 aliphatic heterocycles. The number of oxazole rings is 1. The maximum atomic E-state index is 5.68. The number of nitrogens with one attached hydrogen (secondary N) is 1. The molecule has 6 heteroatoms. The van der Waals surface area contributed by atoms with Crippen LogP contribution in [0.1, 0.15) is 0 Å². The summed E-state index contributed by atoms with van der Waals surface area (Å²) in [5, 5.41) is 3.12. The van der Waals surface area contributed by atoms with Crippen LogP contribution in [0.3, 0.4) is 0 Å². The molecule has 0 aliphatic carbocycles. The lowest BCUT2D eigenvalue weighted by atomic mass is 10.3. The number of hydrogen-bond acceptors (Lipinski definition) is 5. The Bertz CT molecular complexity index is 644. The van der Waals surface area contributed by atoms with Gasteiger partial charge in [-0.2, -0.15) is 4.98 Å². The van der Waals surface area contributed by atoms with Gasteiger partial charge < -0.3 is 20.0 Å². The van der Waals surface area contributed by atoms with Crippen LogP contribution in [0, 0.1) is 0 Å². The second kappa shape index (κ2) is 4.40. The number of nitrogen functional groups attached to an aromatic ring is 1. The number of aromatic nitrogens is 3. The van der Waals surface area contributed by atoms with E-state index in [-0.39, 0.29) is 0 Å². The Kier molecular flexibility index (Phi) is 2.60. The molecule has 0 unspecified atom stereocenters. The molecule has 6 nitrogen and oxygen atoms in total. The highest BCUT2D eigenvalue weighted by molar-refractivity contribution is 5.77. The van der Waals surface area contributed by atoms with E-state index in [2.05, 4.69) is 15.3 Å². The van der Waals surface area contributed by atoms with Crippen LogP contribution in [0.2, 0.25) is 0 Å². The molecule has 18 heavy (non-hydrogen) atoms. The van der Waals surface area contributed by atoms with E-state index in [1.165, 1.54) is 0 Å². The van der Waals surface area contributed by atoms with E-state index in [1.54, 1.807) is 24.7 Å². The zero-order valence-corrected chi connectivity index (χ0v) is 9.71. The first-order valence-corrected chi connectivity index (χ1v) is 5.67. The molecule has 3 aromatic rings. The van der Waals surface area contributed by atoms with Crippen molar-refractivity contribution >= 4 is 22.8 Å². The number of anilines is 2. The lowest BCUT2D eigenvalue weighted by Crippen LogP contribution is -2.09. The first-order chi connectivity index (χ1) is 8.81. The number of fused-ring (bicyclic) bond motifs is 1. The minimum Gasteiger partial charge on any atom is -0.423 e. The maximum Gasteiger partial charge on any atom is 0.295 e. The van der Waals surface area contributed by atoms with Gasteiger partial charge >= 0.3 is 0 Å². The molecule has 1 aromatic carbocycles. The molecule has 0 fully saturated rings. The summed E-state index contributed by atoms with van der Waals surface area (Å²) in [5.41, 5.74) is 7.84. The Morgan fingerprint density at radius 3 is 3.17 bits per heavy atom. The van der Waals surface area contributed by atoms with E-state index in [1.807, 2.05) is 16.8 Å². The van der Waals surface area contributed by atoms with Gasteiger partial charge in [0.05, 0.1) is 6.33 Å². The van der Waals surface area contributed by atoms with Crippen molar-refractivity contribution in [3.63, 3.8) is 0 Å². The standard InChI is InChI=1S/C12H13N5O/c13-9-1-2-10-11(7-9)18-12(16-10)15-4-6-17-5-3-14-8-17/h1-3,5,7-8H,4,6,13H2,(H,15,16). The first kappa shape index (κ1) is 10.6. The Morgan fingerprint density at radius 1 is 1.39 bits per heavy atom. The molecule has 0 radical (unpaired) electrons. The summed E-state index contributed by atoms with van der Waals surface area (Å²) in [7, 11) is 0. The van der Waals surface area contributed by atoms with Gasteiger partial charge in [-0.1, -0.05) is 0 Å². The van der Waals surface area contributed by atoms with Gasteiger partial charge in [-0.05, 0) is 12.1 Å². The summed E-state index contributed by atoms with van der Waals surface area (Å²) in [6.07, 6.45) is 5.44. The molecule has 2 heterocycles. The van der Waals surface area contributed by atoms with Crippen molar-refractivity contribution in [1.82, 2.24) is 14.5 Å². The Balaban J connectivity index is 1.67. The van der Waals surface area contributed by atoms with Gasteiger partial charge in [-0.25, -0.2) is 4.98 Å². The molecule has 0 spiro atoms. The average molecular weight is 243 g/mol. The summed E-state index contributed by atoms with van der Waals surface area (Å²) < 4.78 is 7.52. The van der Waals surface area contributed by atoms with Crippen LogP contribution in [-0.4, -0.2) is 21.1 Å². The van der Waals surface area contributed by atoms with Gasteiger partial charge in [-0.15, -0.1) is 0 Å². The normalized spacial score (nSPS) is 10.9. The van der Waals surface area contributed by atoms with Crippen molar-refractivity contribution in [2.24, 2.45) is 0 Å². The highest BCUT2D eigenvalue weighted by Crippen LogP contribution is 2.20. The molecule has 3 N–H and O–H groups in total. The van der Waals surface area contributed by atoms with E-state index < -0.39 is 0 Å². The van der Waals surface area contributed by atoms with Crippen LogP contribution in [0.25, 0.3) is 11.1 Å². The lowest BCUT2D eigenvalue weighted by Gasteiger charge is -2.01. The number of nitrogens with two attached hydrogens (primary N) is 1. The Morgan fingerprint density at radius 2 is 2.33 bits per heavy atom. The molecule has 2 aromatic heterocycles. The molecular weight excluding hydrogens is 230 g/mol. The van der Waals surface area contributed by atoms with Gasteiger partial charge in [0.25, 0.3) is 6.01 Å². The average Bonchev–Trinajstić information content (AvgIpc) is 2.97. The molecule has 0 saturated heterocycles. The monoisotopic (exact) mass is 243 g/mol. The van der Waals surface area contributed by atoms with E-state index in [4.69, 9.17) is 10.2 Å². The number of rotatable bonds is 4. The number of hydrogen-bond donors (Lipinski definition) is 2. The van der Waals surface area contributed by atoms with Crippen LogP contribution < -0.4 is 11.1 Å². The molecule has 92 valence electrons. The molecule has 0 bridgehead atoms. The van der Waals surface area contributed by atoms with Crippen LogP contribution in [0.15, 0.2) is 41.3 Å². The van der Waals surface area contributed by atoms with Crippen molar-refractivity contribution < 1.29 is 4.42 Å². The summed E-state index contributed by atoms with van der Waals surface area (Å²) in [4.78, 5) is 8.29. The highest BCUT2D eigenvalue weighted by Gasteiger charge is 2.04. The number of imidazole rings is 1. The summed E-state index contributed by atoms with van der Waals surface area (Å²) in [6, 6.07) is 5.93. The highest BCUT2D eigenvalue weighted by atomic mass is 16.4. The van der Waals surface area contributed by atoms with Crippen LogP contribution in [-0.2, 0) is 6.54 Å². The largest absolute Gasteiger partial charge is 0.423 e. The molecule has 0 aliphatic rings. The fourth-order valence-corrected chi connectivity index (χ4v) is 1.73. The topological polar surface area (TPSA) is 81.9 Å². The molecule has 0 amide bonds. The fraction of sp³-hybridized carbons (Fsp3) is 0.167. The third kappa shape index (κ3) is 2.13. The predicted octanol–water partition coefficient (Wildman–Crippen LogP) is 1.72. The smallest absolute Gasteiger partial charge is 0.295 e. The second-order valence-electron chi connectivity index (χ2n) is 3.97. The number of benzene rings is 1. The van der Waals surface area contributed by atoms with Gasteiger partial charge in [0.1, 0.15) is 5.52 Å².